The Morgan fingerprint density at radius 1 is 1.17 bits per heavy atom. The highest BCUT2D eigenvalue weighted by Gasteiger charge is 2.37. The number of benzene rings is 1. The summed E-state index contributed by atoms with van der Waals surface area (Å²) in [7, 11) is 3.71. The SMILES string of the molecule is COC1(CNc2ncnc3c2ncn3C)Cc2ccccc2C1. The topological polar surface area (TPSA) is 64.9 Å². The summed E-state index contributed by atoms with van der Waals surface area (Å²) in [5, 5.41) is 3.42. The number of nitrogens with zero attached hydrogens (tertiary/aromatic N) is 4. The van der Waals surface area contributed by atoms with E-state index in [1.807, 2.05) is 11.6 Å². The van der Waals surface area contributed by atoms with Gasteiger partial charge in [-0.2, -0.15) is 0 Å². The number of aryl methyl sites for hydroxylation is 1. The zero-order chi connectivity index (χ0) is 15.9. The van der Waals surface area contributed by atoms with Crippen molar-refractivity contribution in [2.75, 3.05) is 19.0 Å². The molecule has 1 N–H and O–H groups in total. The van der Waals surface area contributed by atoms with Crippen molar-refractivity contribution < 1.29 is 4.74 Å². The molecule has 1 aliphatic carbocycles. The second kappa shape index (κ2) is 5.31. The van der Waals surface area contributed by atoms with E-state index >= 15 is 0 Å². The first kappa shape index (κ1) is 14.1. The van der Waals surface area contributed by atoms with Crippen LogP contribution >= 0.6 is 0 Å². The summed E-state index contributed by atoms with van der Waals surface area (Å²) in [6.45, 7) is 0.681. The van der Waals surface area contributed by atoms with Crippen molar-refractivity contribution in [3.8, 4) is 0 Å². The molecule has 0 atom stereocenters. The van der Waals surface area contributed by atoms with Crippen LogP contribution in [0, 0.1) is 0 Å². The Hall–Kier alpha value is -2.47. The Morgan fingerprint density at radius 3 is 2.61 bits per heavy atom. The molecule has 118 valence electrons. The number of imidazole rings is 1. The second-order valence-corrected chi connectivity index (χ2v) is 6.11. The molecule has 0 saturated heterocycles. The quantitative estimate of drug-likeness (QED) is 0.798. The number of fused-ring (bicyclic) bond motifs is 2. The first-order valence-electron chi connectivity index (χ1n) is 7.69. The van der Waals surface area contributed by atoms with E-state index in [1.165, 1.54) is 11.1 Å². The first-order valence-corrected chi connectivity index (χ1v) is 7.69. The summed E-state index contributed by atoms with van der Waals surface area (Å²) in [4.78, 5) is 13.0. The Morgan fingerprint density at radius 2 is 1.91 bits per heavy atom. The van der Waals surface area contributed by atoms with Crippen LogP contribution < -0.4 is 5.32 Å². The van der Waals surface area contributed by atoms with Crippen LogP contribution in [0.25, 0.3) is 11.2 Å². The smallest absolute Gasteiger partial charge is 0.165 e. The second-order valence-electron chi connectivity index (χ2n) is 6.11. The summed E-state index contributed by atoms with van der Waals surface area (Å²) in [5.74, 6) is 0.753. The maximum atomic E-state index is 5.89. The lowest BCUT2D eigenvalue weighted by Crippen LogP contribution is -2.40. The Bertz CT molecular complexity index is 832. The van der Waals surface area contributed by atoms with Gasteiger partial charge < -0.3 is 14.6 Å². The molecule has 4 rings (SSSR count). The van der Waals surface area contributed by atoms with E-state index in [-0.39, 0.29) is 5.60 Å². The van der Waals surface area contributed by atoms with E-state index in [2.05, 4.69) is 44.5 Å². The van der Waals surface area contributed by atoms with Crippen LogP contribution in [0.5, 0.6) is 0 Å². The van der Waals surface area contributed by atoms with Crippen molar-refractivity contribution in [3.63, 3.8) is 0 Å². The monoisotopic (exact) mass is 309 g/mol. The van der Waals surface area contributed by atoms with E-state index < -0.39 is 0 Å². The summed E-state index contributed by atoms with van der Waals surface area (Å²) in [6, 6.07) is 8.52. The summed E-state index contributed by atoms with van der Waals surface area (Å²) in [6.07, 6.45) is 5.13. The number of hydrogen-bond donors (Lipinski definition) is 1. The molecule has 2 heterocycles. The van der Waals surface area contributed by atoms with Gasteiger partial charge in [-0.3, -0.25) is 0 Å². The van der Waals surface area contributed by atoms with Crippen molar-refractivity contribution in [1.29, 1.82) is 0 Å². The standard InChI is InChI=1S/C17H19N5O/c1-22-11-21-14-15(19-10-20-16(14)22)18-9-17(23-2)7-12-5-3-4-6-13(12)8-17/h3-6,10-11H,7-9H2,1-2H3,(H,18,19,20). The van der Waals surface area contributed by atoms with E-state index in [4.69, 9.17) is 4.74 Å². The zero-order valence-corrected chi connectivity index (χ0v) is 13.3. The van der Waals surface area contributed by atoms with Crippen molar-refractivity contribution in [3.05, 3.63) is 48.0 Å². The van der Waals surface area contributed by atoms with Gasteiger partial charge in [0.25, 0.3) is 0 Å². The van der Waals surface area contributed by atoms with E-state index in [1.54, 1.807) is 19.8 Å². The fourth-order valence-corrected chi connectivity index (χ4v) is 3.32. The first-order chi connectivity index (χ1) is 11.2. The minimum Gasteiger partial charge on any atom is -0.376 e. The van der Waals surface area contributed by atoms with Gasteiger partial charge in [0.15, 0.2) is 11.5 Å². The van der Waals surface area contributed by atoms with Gasteiger partial charge in [0.2, 0.25) is 0 Å². The van der Waals surface area contributed by atoms with Gasteiger partial charge in [0, 0.05) is 33.5 Å². The molecule has 23 heavy (non-hydrogen) atoms. The number of hydrogen-bond acceptors (Lipinski definition) is 5. The van der Waals surface area contributed by atoms with Gasteiger partial charge in [-0.25, -0.2) is 15.0 Å². The van der Waals surface area contributed by atoms with Gasteiger partial charge in [-0.15, -0.1) is 0 Å². The Labute approximate surface area is 134 Å². The van der Waals surface area contributed by atoms with Crippen molar-refractivity contribution in [1.82, 2.24) is 19.5 Å². The maximum absolute atomic E-state index is 5.89. The van der Waals surface area contributed by atoms with E-state index in [0.717, 1.165) is 29.8 Å². The number of anilines is 1. The van der Waals surface area contributed by atoms with Crippen molar-refractivity contribution in [2.24, 2.45) is 7.05 Å². The third-order valence-corrected chi connectivity index (χ3v) is 4.65. The van der Waals surface area contributed by atoms with Crippen LogP contribution in [-0.4, -0.2) is 38.8 Å². The molecule has 0 unspecified atom stereocenters. The minimum absolute atomic E-state index is 0.240. The van der Waals surface area contributed by atoms with Gasteiger partial charge >= 0.3 is 0 Å². The van der Waals surface area contributed by atoms with Crippen LogP contribution in [0.2, 0.25) is 0 Å². The molecule has 2 aromatic heterocycles. The molecular formula is C17H19N5O. The average Bonchev–Trinajstić information content (AvgIpc) is 3.15. The molecule has 0 saturated carbocycles. The fourth-order valence-electron chi connectivity index (χ4n) is 3.32. The lowest BCUT2D eigenvalue weighted by atomic mass is 10.00. The number of ether oxygens (including phenoxy) is 1. The van der Waals surface area contributed by atoms with Gasteiger partial charge in [-0.1, -0.05) is 24.3 Å². The predicted octanol–water partition coefficient (Wildman–Crippen LogP) is 1.96. The fraction of sp³-hybridized carbons (Fsp3) is 0.353. The van der Waals surface area contributed by atoms with Crippen molar-refractivity contribution >= 4 is 17.0 Å². The lowest BCUT2D eigenvalue weighted by molar-refractivity contribution is 0.0103. The highest BCUT2D eigenvalue weighted by atomic mass is 16.5. The third-order valence-electron chi connectivity index (χ3n) is 4.65. The molecule has 0 amide bonds. The largest absolute Gasteiger partial charge is 0.376 e. The highest BCUT2D eigenvalue weighted by molar-refractivity contribution is 5.82. The number of methoxy groups -OCH3 is 1. The molecule has 6 heteroatoms. The molecule has 0 fully saturated rings. The van der Waals surface area contributed by atoms with Crippen LogP contribution in [-0.2, 0) is 24.6 Å². The summed E-state index contributed by atoms with van der Waals surface area (Å²) < 4.78 is 7.78. The van der Waals surface area contributed by atoms with Gasteiger partial charge in [-0.05, 0) is 11.1 Å². The predicted molar refractivity (Wildman–Crippen MR) is 88.4 cm³/mol. The Balaban J connectivity index is 1.58. The van der Waals surface area contributed by atoms with Gasteiger partial charge in [0.05, 0.1) is 11.9 Å². The van der Waals surface area contributed by atoms with E-state index in [0.29, 0.717) is 6.54 Å². The zero-order valence-electron chi connectivity index (χ0n) is 13.3. The molecule has 1 aliphatic rings. The molecule has 1 aromatic carbocycles. The molecule has 0 aliphatic heterocycles. The van der Waals surface area contributed by atoms with Crippen LogP contribution in [0.4, 0.5) is 5.82 Å². The maximum Gasteiger partial charge on any atom is 0.165 e. The van der Waals surface area contributed by atoms with Crippen molar-refractivity contribution in [2.45, 2.75) is 18.4 Å². The molecular weight excluding hydrogens is 290 g/mol. The number of aromatic nitrogens is 4. The van der Waals surface area contributed by atoms with Crippen LogP contribution in [0.15, 0.2) is 36.9 Å². The lowest BCUT2D eigenvalue weighted by Gasteiger charge is -2.28. The average molecular weight is 309 g/mol. The molecule has 6 nitrogen and oxygen atoms in total. The van der Waals surface area contributed by atoms with Crippen LogP contribution in [0.3, 0.4) is 0 Å². The van der Waals surface area contributed by atoms with Gasteiger partial charge in [0.1, 0.15) is 11.8 Å². The number of rotatable bonds is 4. The normalized spacial score (nSPS) is 15.7. The minimum atomic E-state index is -0.240. The molecule has 0 spiro atoms. The van der Waals surface area contributed by atoms with Crippen LogP contribution in [0.1, 0.15) is 11.1 Å². The molecule has 3 aromatic rings. The van der Waals surface area contributed by atoms with E-state index in [9.17, 15) is 0 Å². The third kappa shape index (κ3) is 2.35. The summed E-state index contributed by atoms with van der Waals surface area (Å²) >= 11 is 0. The summed E-state index contributed by atoms with van der Waals surface area (Å²) in [5.41, 5.74) is 4.10. The molecule has 0 bridgehead atoms. The highest BCUT2D eigenvalue weighted by Crippen LogP contribution is 2.33. The molecule has 0 radical (unpaired) electrons. The number of nitrogens with one attached hydrogen (secondary N) is 1. The Kier molecular flexibility index (Phi) is 3.27.